The minimum atomic E-state index is -0.526. The van der Waals surface area contributed by atoms with Crippen LogP contribution in [0.5, 0.6) is 0 Å². The van der Waals surface area contributed by atoms with E-state index in [1.165, 1.54) is 21.2 Å². The number of nitrogens with zero attached hydrogens (tertiary/aromatic N) is 6. The van der Waals surface area contributed by atoms with Crippen LogP contribution in [-0.4, -0.2) is 46.5 Å². The van der Waals surface area contributed by atoms with Gasteiger partial charge in [0.1, 0.15) is 35.2 Å². The highest BCUT2D eigenvalue weighted by molar-refractivity contribution is 5.99. The van der Waals surface area contributed by atoms with Crippen LogP contribution < -0.4 is 10.9 Å². The molecule has 192 valence electrons. The molecule has 11 heteroatoms. The summed E-state index contributed by atoms with van der Waals surface area (Å²) in [5, 5.41) is 8.27. The Morgan fingerprint density at radius 3 is 2.63 bits per heavy atom. The first-order valence-electron chi connectivity index (χ1n) is 12.2. The second-order valence-electron chi connectivity index (χ2n) is 9.60. The van der Waals surface area contributed by atoms with E-state index in [-0.39, 0.29) is 42.1 Å². The second kappa shape index (κ2) is 8.65. The largest absolute Gasteiger partial charge is 0.342 e. The smallest absolute Gasteiger partial charge is 0.280 e. The highest BCUT2D eigenvalue weighted by Crippen LogP contribution is 2.29. The van der Waals surface area contributed by atoms with Crippen LogP contribution in [0.15, 0.2) is 59.5 Å². The van der Waals surface area contributed by atoms with Gasteiger partial charge in [-0.3, -0.25) is 14.4 Å². The summed E-state index contributed by atoms with van der Waals surface area (Å²) < 4.78 is 18.0. The molecule has 0 aliphatic carbocycles. The van der Waals surface area contributed by atoms with Crippen molar-refractivity contribution in [2.75, 3.05) is 5.32 Å². The number of rotatable bonds is 5. The third-order valence-corrected chi connectivity index (χ3v) is 6.90. The van der Waals surface area contributed by atoms with Crippen LogP contribution in [-0.2, 0) is 24.9 Å². The maximum Gasteiger partial charge on any atom is 0.280 e. The Hall–Kier alpha value is -4.80. The van der Waals surface area contributed by atoms with Gasteiger partial charge < -0.3 is 19.4 Å². The number of amides is 2. The Balaban J connectivity index is 1.51. The van der Waals surface area contributed by atoms with E-state index >= 15 is 0 Å². The van der Waals surface area contributed by atoms with Gasteiger partial charge in [-0.1, -0.05) is 18.2 Å². The molecule has 5 aromatic rings. The molecule has 0 bridgehead atoms. The molecule has 0 radical (unpaired) electrons. The van der Waals surface area contributed by atoms with Crippen LogP contribution in [0, 0.1) is 5.82 Å². The number of halogens is 1. The number of benzene rings is 1. The van der Waals surface area contributed by atoms with E-state index in [2.05, 4.69) is 15.4 Å². The first kappa shape index (κ1) is 23.6. The number of nitrogens with one attached hydrogen (secondary N) is 1. The van der Waals surface area contributed by atoms with Crippen molar-refractivity contribution >= 4 is 34.2 Å². The molecule has 1 aromatic carbocycles. The number of pyridine rings is 1. The van der Waals surface area contributed by atoms with E-state index in [1.807, 2.05) is 55.8 Å². The van der Waals surface area contributed by atoms with Gasteiger partial charge in [0.25, 0.3) is 11.5 Å². The Bertz CT molecular complexity index is 1810. The van der Waals surface area contributed by atoms with E-state index in [1.54, 1.807) is 11.0 Å². The predicted octanol–water partition coefficient (Wildman–Crippen LogP) is 3.19. The lowest BCUT2D eigenvalue weighted by atomic mass is 10.2. The van der Waals surface area contributed by atoms with E-state index in [4.69, 9.17) is 0 Å². The Labute approximate surface area is 215 Å². The summed E-state index contributed by atoms with van der Waals surface area (Å²) >= 11 is 0. The number of aromatic nitrogens is 5. The fraction of sp³-hybridized carbons (Fsp3) is 0.222. The minimum absolute atomic E-state index is 0.130. The molecule has 0 fully saturated rings. The highest BCUT2D eigenvalue weighted by Gasteiger charge is 2.36. The molecule has 0 spiro atoms. The zero-order valence-electron chi connectivity index (χ0n) is 21.0. The van der Waals surface area contributed by atoms with E-state index < -0.39 is 17.3 Å². The lowest BCUT2D eigenvalue weighted by molar-refractivity contribution is -0.116. The number of hydrogen-bond acceptors (Lipinski definition) is 5. The molecule has 0 saturated heterocycles. The third kappa shape index (κ3) is 3.66. The normalized spacial score (nSPS) is 13.2. The van der Waals surface area contributed by atoms with Crippen molar-refractivity contribution < 1.29 is 14.0 Å². The number of para-hydroxylation sites is 1. The van der Waals surface area contributed by atoms with E-state index in [9.17, 15) is 18.8 Å². The van der Waals surface area contributed by atoms with Crippen molar-refractivity contribution in [1.82, 2.24) is 28.6 Å². The topological polar surface area (TPSA) is 107 Å². The second-order valence-corrected chi connectivity index (χ2v) is 9.60. The number of carbonyl (C=O) groups is 2. The molecule has 1 aliphatic heterocycles. The monoisotopic (exact) mass is 513 g/mol. The van der Waals surface area contributed by atoms with E-state index in [0.717, 1.165) is 22.8 Å². The zero-order chi connectivity index (χ0) is 26.7. The van der Waals surface area contributed by atoms with Crippen molar-refractivity contribution in [1.29, 1.82) is 0 Å². The third-order valence-electron chi connectivity index (χ3n) is 6.90. The van der Waals surface area contributed by atoms with Gasteiger partial charge in [-0.05, 0) is 38.1 Å². The van der Waals surface area contributed by atoms with Gasteiger partial charge in [0.15, 0.2) is 0 Å². The first-order chi connectivity index (χ1) is 18.2. The maximum absolute atomic E-state index is 13.6. The van der Waals surface area contributed by atoms with Crippen LogP contribution >= 0.6 is 0 Å². The van der Waals surface area contributed by atoms with Gasteiger partial charge in [-0.15, -0.1) is 0 Å². The maximum atomic E-state index is 13.6. The molecule has 38 heavy (non-hydrogen) atoms. The van der Waals surface area contributed by atoms with Gasteiger partial charge in [0.2, 0.25) is 5.91 Å². The summed E-state index contributed by atoms with van der Waals surface area (Å²) in [5.41, 5.74) is 2.70. The Morgan fingerprint density at radius 2 is 1.92 bits per heavy atom. The summed E-state index contributed by atoms with van der Waals surface area (Å²) in [6, 6.07) is 14.0. The molecule has 10 nitrogen and oxygen atoms in total. The molecule has 0 atom stereocenters. The molecule has 6 rings (SSSR count). The molecular formula is C27H24FN7O3. The fourth-order valence-corrected chi connectivity index (χ4v) is 5.00. The van der Waals surface area contributed by atoms with Crippen LogP contribution in [0.4, 0.5) is 10.2 Å². The summed E-state index contributed by atoms with van der Waals surface area (Å²) in [4.78, 5) is 45.5. The van der Waals surface area contributed by atoms with E-state index in [0.29, 0.717) is 11.3 Å². The SMILES string of the molecule is CC(C)N1Cc2c(n(CC(=O)Nc3ccc(F)cn3)c3cc(-c4cc5ccccc5n4C)nn3c2=O)C1=O. The fourth-order valence-electron chi connectivity index (χ4n) is 5.00. The van der Waals surface area contributed by atoms with Crippen molar-refractivity contribution in [3.8, 4) is 11.4 Å². The minimum Gasteiger partial charge on any atom is -0.342 e. The summed E-state index contributed by atoms with van der Waals surface area (Å²) in [6.07, 6.45) is 1.00. The number of anilines is 1. The molecule has 2 amide bonds. The lowest BCUT2D eigenvalue weighted by Gasteiger charge is -2.20. The van der Waals surface area contributed by atoms with Crippen molar-refractivity contribution in [3.05, 3.63) is 82.2 Å². The van der Waals surface area contributed by atoms with Gasteiger partial charge in [0.05, 0.1) is 24.0 Å². The van der Waals surface area contributed by atoms with Crippen molar-refractivity contribution in [2.24, 2.45) is 7.05 Å². The van der Waals surface area contributed by atoms with Gasteiger partial charge in [0, 0.05) is 30.1 Å². The lowest BCUT2D eigenvalue weighted by Crippen LogP contribution is -2.32. The molecule has 0 saturated carbocycles. The van der Waals surface area contributed by atoms with Gasteiger partial charge in [-0.2, -0.15) is 9.61 Å². The summed E-state index contributed by atoms with van der Waals surface area (Å²) in [7, 11) is 1.92. The summed E-state index contributed by atoms with van der Waals surface area (Å²) in [5.74, 6) is -1.16. The number of fused-ring (bicyclic) bond motifs is 3. The number of carbonyl (C=O) groups excluding carboxylic acids is 2. The van der Waals surface area contributed by atoms with Crippen molar-refractivity contribution in [3.63, 3.8) is 0 Å². The predicted molar refractivity (Wildman–Crippen MR) is 139 cm³/mol. The van der Waals surface area contributed by atoms with Crippen LogP contribution in [0.25, 0.3) is 27.9 Å². The van der Waals surface area contributed by atoms with Crippen molar-refractivity contribution in [2.45, 2.75) is 33.0 Å². The van der Waals surface area contributed by atoms with Gasteiger partial charge >= 0.3 is 0 Å². The summed E-state index contributed by atoms with van der Waals surface area (Å²) in [6.45, 7) is 3.59. The molecule has 5 heterocycles. The number of aryl methyl sites for hydroxylation is 1. The standard InChI is InChI=1S/C27H24FN7O3/c1-15(2)33-13-18-25(27(33)38)34(14-23(36)30-22-9-8-17(28)12-29-22)24-11-19(31-35(24)26(18)37)21-10-16-6-4-5-7-20(16)32(21)3/h4-12,15H,13-14H2,1-3H3,(H,29,30,36). The number of hydrogen-bond donors (Lipinski definition) is 1. The van der Waals surface area contributed by atoms with Crippen LogP contribution in [0.3, 0.4) is 0 Å². The Morgan fingerprint density at radius 1 is 1.13 bits per heavy atom. The zero-order valence-corrected chi connectivity index (χ0v) is 21.0. The molecule has 1 N–H and O–H groups in total. The first-order valence-corrected chi connectivity index (χ1v) is 12.2. The average Bonchev–Trinajstić information content (AvgIpc) is 3.58. The Kier molecular flexibility index (Phi) is 5.37. The average molecular weight is 514 g/mol. The van der Waals surface area contributed by atoms with Crippen LogP contribution in [0.2, 0.25) is 0 Å². The molecular weight excluding hydrogens is 489 g/mol. The molecule has 4 aromatic heterocycles. The van der Waals surface area contributed by atoms with Crippen LogP contribution in [0.1, 0.15) is 29.9 Å². The molecule has 0 unspecified atom stereocenters. The highest BCUT2D eigenvalue weighted by atomic mass is 19.1. The molecule has 1 aliphatic rings. The quantitative estimate of drug-likeness (QED) is 0.389. The van der Waals surface area contributed by atoms with Gasteiger partial charge in [-0.25, -0.2) is 9.37 Å².